The molecule has 0 saturated carbocycles. The van der Waals surface area contributed by atoms with Crippen LogP contribution in [0.2, 0.25) is 0 Å². The molecule has 0 radical (unpaired) electrons. The van der Waals surface area contributed by atoms with Gasteiger partial charge in [-0.1, -0.05) is 60.2 Å². The van der Waals surface area contributed by atoms with Gasteiger partial charge in [0.2, 0.25) is 0 Å². The highest BCUT2D eigenvalue weighted by Crippen LogP contribution is 2.20. The largest absolute Gasteiger partial charge is 0.0622 e. The highest BCUT2D eigenvalue weighted by molar-refractivity contribution is 5.81. The van der Waals surface area contributed by atoms with Crippen LogP contribution in [0.15, 0.2) is 48.5 Å². The lowest BCUT2D eigenvalue weighted by Gasteiger charge is -2.05. The molecule has 0 unspecified atom stereocenters. The third-order valence-electron chi connectivity index (χ3n) is 3.04. The topological polar surface area (TPSA) is 0 Å². The molecule has 0 aromatic heterocycles. The molecule has 0 bridgehead atoms. The summed E-state index contributed by atoms with van der Waals surface area (Å²) in [5.74, 6) is 0. The van der Waals surface area contributed by atoms with Gasteiger partial charge in [0, 0.05) is 0 Å². The molecular weight excluding hydrogens is 204 g/mol. The summed E-state index contributed by atoms with van der Waals surface area (Å²) >= 11 is 0. The Morgan fingerprint density at radius 3 is 2.35 bits per heavy atom. The smallest absolute Gasteiger partial charge is 0.0222 e. The Morgan fingerprint density at radius 2 is 1.65 bits per heavy atom. The molecule has 0 amide bonds. The summed E-state index contributed by atoms with van der Waals surface area (Å²) in [4.78, 5) is 0. The summed E-state index contributed by atoms with van der Waals surface area (Å²) in [5, 5.41) is 0. The summed E-state index contributed by atoms with van der Waals surface area (Å²) in [5.41, 5.74) is 6.53. The van der Waals surface area contributed by atoms with Crippen molar-refractivity contribution in [2.45, 2.75) is 20.8 Å². The fourth-order valence-electron chi connectivity index (χ4n) is 1.93. The van der Waals surface area contributed by atoms with E-state index in [0.29, 0.717) is 0 Å². The van der Waals surface area contributed by atoms with Crippen LogP contribution >= 0.6 is 0 Å². The monoisotopic (exact) mass is 222 g/mol. The fourth-order valence-corrected chi connectivity index (χ4v) is 1.93. The third-order valence-corrected chi connectivity index (χ3v) is 3.04. The first kappa shape index (κ1) is 11.7. The average molecular weight is 222 g/mol. The van der Waals surface area contributed by atoms with E-state index in [4.69, 9.17) is 0 Å². The van der Waals surface area contributed by atoms with E-state index >= 15 is 0 Å². The van der Waals surface area contributed by atoms with Gasteiger partial charge in [0.1, 0.15) is 0 Å². The highest BCUT2D eigenvalue weighted by atomic mass is 14.0. The summed E-state index contributed by atoms with van der Waals surface area (Å²) in [6, 6.07) is 17.1. The SMILES string of the molecule is C/C(=C\c1cc(C)ccc1C)c1ccccc1. The normalized spacial score (nSPS) is 11.6. The van der Waals surface area contributed by atoms with Crippen molar-refractivity contribution in [3.8, 4) is 0 Å². The first-order chi connectivity index (χ1) is 8.16. The molecule has 0 fully saturated rings. The second-order valence-corrected chi connectivity index (χ2v) is 4.55. The summed E-state index contributed by atoms with van der Waals surface area (Å²) in [6.07, 6.45) is 2.26. The summed E-state index contributed by atoms with van der Waals surface area (Å²) in [7, 11) is 0. The first-order valence-corrected chi connectivity index (χ1v) is 5.98. The molecule has 0 heterocycles. The van der Waals surface area contributed by atoms with Gasteiger partial charge in [0.25, 0.3) is 0 Å². The van der Waals surface area contributed by atoms with Crippen LogP contribution in [0.1, 0.15) is 29.2 Å². The van der Waals surface area contributed by atoms with E-state index in [-0.39, 0.29) is 0 Å². The number of aryl methyl sites for hydroxylation is 2. The van der Waals surface area contributed by atoms with E-state index in [0.717, 1.165) is 0 Å². The molecule has 0 saturated heterocycles. The third kappa shape index (κ3) is 2.85. The molecule has 17 heavy (non-hydrogen) atoms. The second-order valence-electron chi connectivity index (χ2n) is 4.55. The lowest BCUT2D eigenvalue weighted by atomic mass is 10.0. The fraction of sp³-hybridized carbons (Fsp3) is 0.176. The minimum atomic E-state index is 1.29. The number of hydrogen-bond acceptors (Lipinski definition) is 0. The Balaban J connectivity index is 2.39. The molecule has 0 atom stereocenters. The Bertz CT molecular complexity index is 533. The maximum absolute atomic E-state index is 2.26. The van der Waals surface area contributed by atoms with E-state index in [1.165, 1.54) is 27.8 Å². The van der Waals surface area contributed by atoms with Gasteiger partial charge in [-0.25, -0.2) is 0 Å². The molecule has 0 aliphatic rings. The molecule has 2 aromatic carbocycles. The van der Waals surface area contributed by atoms with Crippen LogP contribution < -0.4 is 0 Å². The molecule has 2 rings (SSSR count). The number of benzene rings is 2. The molecule has 0 aliphatic heterocycles. The molecule has 0 N–H and O–H groups in total. The molecule has 0 aliphatic carbocycles. The van der Waals surface area contributed by atoms with Crippen LogP contribution in [0.4, 0.5) is 0 Å². The van der Waals surface area contributed by atoms with Gasteiger partial charge in [-0.05, 0) is 43.0 Å². The first-order valence-electron chi connectivity index (χ1n) is 5.98. The van der Waals surface area contributed by atoms with Crippen molar-refractivity contribution in [1.82, 2.24) is 0 Å². The number of hydrogen-bond donors (Lipinski definition) is 0. The van der Waals surface area contributed by atoms with Crippen molar-refractivity contribution >= 4 is 11.6 Å². The van der Waals surface area contributed by atoms with Gasteiger partial charge in [-0.2, -0.15) is 0 Å². The Hall–Kier alpha value is -1.82. The van der Waals surface area contributed by atoms with E-state index in [1.807, 2.05) is 0 Å². The minimum Gasteiger partial charge on any atom is -0.0622 e. The molecule has 0 heteroatoms. The number of rotatable bonds is 2. The second kappa shape index (κ2) is 5.01. The van der Waals surface area contributed by atoms with E-state index in [1.54, 1.807) is 0 Å². The molecule has 0 spiro atoms. The van der Waals surface area contributed by atoms with Gasteiger partial charge in [0.15, 0.2) is 0 Å². The number of allylic oxidation sites excluding steroid dienone is 1. The van der Waals surface area contributed by atoms with Crippen molar-refractivity contribution in [1.29, 1.82) is 0 Å². The van der Waals surface area contributed by atoms with Crippen LogP contribution in [0.3, 0.4) is 0 Å². The zero-order valence-corrected chi connectivity index (χ0v) is 10.7. The quantitative estimate of drug-likeness (QED) is 0.636. The Morgan fingerprint density at radius 1 is 0.941 bits per heavy atom. The van der Waals surface area contributed by atoms with E-state index < -0.39 is 0 Å². The zero-order chi connectivity index (χ0) is 12.3. The van der Waals surface area contributed by atoms with Gasteiger partial charge in [-0.15, -0.1) is 0 Å². The predicted molar refractivity (Wildman–Crippen MR) is 75.9 cm³/mol. The van der Waals surface area contributed by atoms with Gasteiger partial charge in [-0.3, -0.25) is 0 Å². The maximum atomic E-state index is 2.26. The lowest BCUT2D eigenvalue weighted by molar-refractivity contribution is 1.37. The standard InChI is InChI=1S/C17H18/c1-13-9-10-14(2)17(11-13)12-15(3)16-7-5-4-6-8-16/h4-12H,1-3H3/b15-12+. The van der Waals surface area contributed by atoms with Crippen LogP contribution in [0, 0.1) is 13.8 Å². The van der Waals surface area contributed by atoms with Crippen LogP contribution in [-0.2, 0) is 0 Å². The van der Waals surface area contributed by atoms with Gasteiger partial charge in [0.05, 0.1) is 0 Å². The van der Waals surface area contributed by atoms with Crippen LogP contribution in [0.5, 0.6) is 0 Å². The van der Waals surface area contributed by atoms with Crippen molar-refractivity contribution in [3.05, 3.63) is 70.8 Å². The van der Waals surface area contributed by atoms with Crippen molar-refractivity contribution in [2.75, 3.05) is 0 Å². The van der Waals surface area contributed by atoms with Crippen molar-refractivity contribution in [3.63, 3.8) is 0 Å². The van der Waals surface area contributed by atoms with E-state index in [2.05, 4.69) is 75.4 Å². The molecular formula is C17H18. The van der Waals surface area contributed by atoms with Gasteiger partial charge < -0.3 is 0 Å². The average Bonchev–Trinajstić information content (AvgIpc) is 2.35. The summed E-state index contributed by atoms with van der Waals surface area (Å²) in [6.45, 7) is 6.45. The highest BCUT2D eigenvalue weighted by Gasteiger charge is 1.98. The van der Waals surface area contributed by atoms with Crippen molar-refractivity contribution < 1.29 is 0 Å². The zero-order valence-electron chi connectivity index (χ0n) is 10.7. The Labute approximate surface area is 104 Å². The minimum absolute atomic E-state index is 1.29. The van der Waals surface area contributed by atoms with Crippen LogP contribution in [0.25, 0.3) is 11.6 Å². The molecule has 86 valence electrons. The van der Waals surface area contributed by atoms with Crippen LogP contribution in [-0.4, -0.2) is 0 Å². The summed E-state index contributed by atoms with van der Waals surface area (Å²) < 4.78 is 0. The lowest BCUT2D eigenvalue weighted by Crippen LogP contribution is -1.84. The molecule has 0 nitrogen and oxygen atoms in total. The van der Waals surface area contributed by atoms with E-state index in [9.17, 15) is 0 Å². The van der Waals surface area contributed by atoms with Crippen molar-refractivity contribution in [2.24, 2.45) is 0 Å². The Kier molecular flexibility index (Phi) is 3.43. The maximum Gasteiger partial charge on any atom is -0.0222 e. The van der Waals surface area contributed by atoms with Gasteiger partial charge >= 0.3 is 0 Å². The molecule has 2 aromatic rings. The predicted octanol–water partition coefficient (Wildman–Crippen LogP) is 4.86.